The number of rotatable bonds is 5. The van der Waals surface area contributed by atoms with E-state index in [-0.39, 0.29) is 5.69 Å². The Hall–Kier alpha value is -3.42. The highest BCUT2D eigenvalue weighted by Crippen LogP contribution is 2.33. The smallest absolute Gasteiger partial charge is 0.351 e. The number of benzene rings is 1. The summed E-state index contributed by atoms with van der Waals surface area (Å²) in [6.45, 7) is 2.35. The van der Waals surface area contributed by atoms with E-state index >= 15 is 0 Å². The number of aromatic amines is 1. The third kappa shape index (κ3) is 3.59. The van der Waals surface area contributed by atoms with Crippen LogP contribution in [0, 0.1) is 0 Å². The van der Waals surface area contributed by atoms with Crippen molar-refractivity contribution < 1.29 is 28.6 Å². The van der Waals surface area contributed by atoms with Crippen molar-refractivity contribution >= 4 is 39.7 Å². The number of hydrogen-bond acceptors (Lipinski definition) is 7. The molecule has 0 aliphatic carbocycles. The minimum atomic E-state index is -1.49. The second-order valence-electron chi connectivity index (χ2n) is 5.87. The molecule has 8 heteroatoms. The molecule has 0 aliphatic heterocycles. The van der Waals surface area contributed by atoms with E-state index in [1.165, 1.54) is 13.1 Å². The molecule has 27 heavy (non-hydrogen) atoms. The Morgan fingerprint density at radius 3 is 2.37 bits per heavy atom. The molecular weight excluding hydrogens is 352 g/mol. The van der Waals surface area contributed by atoms with Crippen LogP contribution in [0.15, 0.2) is 36.5 Å². The maximum absolute atomic E-state index is 12.2. The summed E-state index contributed by atoms with van der Waals surface area (Å²) >= 11 is 0. The van der Waals surface area contributed by atoms with Gasteiger partial charge in [-0.25, -0.2) is 4.79 Å². The van der Waals surface area contributed by atoms with Crippen molar-refractivity contribution in [3.8, 4) is 0 Å². The Morgan fingerprint density at radius 2 is 1.70 bits per heavy atom. The van der Waals surface area contributed by atoms with Crippen molar-refractivity contribution in [2.45, 2.75) is 26.1 Å². The highest BCUT2D eigenvalue weighted by molar-refractivity contribution is 6.08. The van der Waals surface area contributed by atoms with Crippen molar-refractivity contribution in [1.29, 1.82) is 0 Å². The van der Waals surface area contributed by atoms with Gasteiger partial charge in [-0.2, -0.15) is 0 Å². The molecule has 0 bridgehead atoms. The number of aromatic nitrogens is 2. The quantitative estimate of drug-likeness (QED) is 0.543. The van der Waals surface area contributed by atoms with Crippen LogP contribution in [-0.4, -0.2) is 41.1 Å². The van der Waals surface area contributed by atoms with E-state index in [1.54, 1.807) is 0 Å². The van der Waals surface area contributed by atoms with Gasteiger partial charge in [0.2, 0.25) is 6.10 Å². The number of nitrogens with zero attached hydrogens (tertiary/aromatic N) is 1. The largest absolute Gasteiger partial charge is 0.466 e. The summed E-state index contributed by atoms with van der Waals surface area (Å²) in [5, 5.41) is 1.78. The van der Waals surface area contributed by atoms with E-state index in [0.717, 1.165) is 30.3 Å². The predicted molar refractivity (Wildman–Crippen MR) is 95.7 cm³/mol. The van der Waals surface area contributed by atoms with Gasteiger partial charge in [0.15, 0.2) is 6.10 Å². The Kier molecular flexibility index (Phi) is 5.07. The second kappa shape index (κ2) is 7.45. The summed E-state index contributed by atoms with van der Waals surface area (Å²) in [5.41, 5.74) is 1.69. The molecule has 0 amide bonds. The molecule has 2 unspecified atom stereocenters. The molecule has 8 nitrogen and oxygen atoms in total. The summed E-state index contributed by atoms with van der Waals surface area (Å²) in [4.78, 5) is 42.9. The van der Waals surface area contributed by atoms with Gasteiger partial charge in [0.25, 0.3) is 0 Å². The van der Waals surface area contributed by atoms with Crippen LogP contribution >= 0.6 is 0 Å². The standard InChI is InChI=1S/C19H18N2O6/c1-10(22)26-17(18(19(24)25-3)27-11(2)23)16-15-13(8-9-20-16)12-6-4-5-7-14(12)21-15/h4-9,17-18,21H,1-3H3. The number of methoxy groups -OCH3 is 1. The first-order valence-corrected chi connectivity index (χ1v) is 8.20. The van der Waals surface area contributed by atoms with E-state index in [9.17, 15) is 14.4 Å². The number of para-hydroxylation sites is 1. The van der Waals surface area contributed by atoms with Crippen LogP contribution in [0.25, 0.3) is 21.8 Å². The van der Waals surface area contributed by atoms with Crippen molar-refractivity contribution in [3.05, 3.63) is 42.2 Å². The summed E-state index contributed by atoms with van der Waals surface area (Å²) in [7, 11) is 1.15. The van der Waals surface area contributed by atoms with Crippen molar-refractivity contribution in [2.24, 2.45) is 0 Å². The molecule has 0 spiro atoms. The average Bonchev–Trinajstić information content (AvgIpc) is 3.02. The monoisotopic (exact) mass is 370 g/mol. The molecule has 0 aliphatic rings. The molecular formula is C19H18N2O6. The third-order valence-electron chi connectivity index (χ3n) is 4.02. The normalized spacial score (nSPS) is 13.1. The molecule has 2 aromatic heterocycles. The first-order valence-electron chi connectivity index (χ1n) is 8.20. The SMILES string of the molecule is COC(=O)C(OC(C)=O)C(OC(C)=O)c1nccc2c1[nH]c1ccccc12. The predicted octanol–water partition coefficient (Wildman–Crippen LogP) is 2.43. The van der Waals surface area contributed by atoms with Gasteiger partial charge in [0.05, 0.1) is 12.6 Å². The van der Waals surface area contributed by atoms with E-state index in [2.05, 4.69) is 9.97 Å². The average molecular weight is 370 g/mol. The van der Waals surface area contributed by atoms with Gasteiger partial charge in [-0.05, 0) is 12.1 Å². The highest BCUT2D eigenvalue weighted by Gasteiger charge is 2.38. The summed E-state index contributed by atoms with van der Waals surface area (Å²) in [6, 6.07) is 9.41. The van der Waals surface area contributed by atoms with Gasteiger partial charge in [0.1, 0.15) is 5.69 Å². The molecule has 3 rings (SSSR count). The molecule has 140 valence electrons. The number of esters is 3. The Labute approximate surface area is 154 Å². The van der Waals surface area contributed by atoms with Crippen LogP contribution < -0.4 is 0 Å². The van der Waals surface area contributed by atoms with E-state index < -0.39 is 30.1 Å². The van der Waals surface area contributed by atoms with E-state index in [4.69, 9.17) is 14.2 Å². The number of fused-ring (bicyclic) bond motifs is 3. The summed E-state index contributed by atoms with van der Waals surface area (Å²) in [5.74, 6) is -2.23. The zero-order valence-corrected chi connectivity index (χ0v) is 15.0. The zero-order chi connectivity index (χ0) is 19.6. The van der Waals surface area contributed by atoms with Crippen LogP contribution in [0.4, 0.5) is 0 Å². The maximum Gasteiger partial charge on any atom is 0.351 e. The van der Waals surface area contributed by atoms with Crippen LogP contribution in [0.5, 0.6) is 0 Å². The van der Waals surface area contributed by atoms with Crippen LogP contribution in [0.3, 0.4) is 0 Å². The van der Waals surface area contributed by atoms with Gasteiger partial charge in [-0.3, -0.25) is 14.6 Å². The number of carbonyl (C=O) groups is 3. The number of ether oxygens (including phenoxy) is 3. The Bertz CT molecular complexity index is 1030. The van der Waals surface area contributed by atoms with E-state index in [0.29, 0.717) is 5.52 Å². The fourth-order valence-electron chi connectivity index (χ4n) is 2.98. The lowest BCUT2D eigenvalue weighted by Crippen LogP contribution is -2.36. The van der Waals surface area contributed by atoms with Gasteiger partial charge < -0.3 is 19.2 Å². The van der Waals surface area contributed by atoms with Crippen LogP contribution in [0.1, 0.15) is 25.6 Å². The summed E-state index contributed by atoms with van der Waals surface area (Å²) in [6.07, 6.45) is -1.21. The van der Waals surface area contributed by atoms with Crippen molar-refractivity contribution in [3.63, 3.8) is 0 Å². The fraction of sp³-hybridized carbons (Fsp3) is 0.263. The Balaban J connectivity index is 2.21. The zero-order valence-electron chi connectivity index (χ0n) is 15.0. The number of H-pyrrole nitrogens is 1. The lowest BCUT2D eigenvalue weighted by molar-refractivity contribution is -0.180. The molecule has 0 fully saturated rings. The van der Waals surface area contributed by atoms with Crippen molar-refractivity contribution in [1.82, 2.24) is 9.97 Å². The summed E-state index contributed by atoms with van der Waals surface area (Å²) < 4.78 is 15.1. The number of carbonyl (C=O) groups excluding carboxylic acids is 3. The third-order valence-corrected chi connectivity index (χ3v) is 4.02. The highest BCUT2D eigenvalue weighted by atomic mass is 16.6. The molecule has 3 aromatic rings. The number of pyridine rings is 1. The van der Waals surface area contributed by atoms with Crippen molar-refractivity contribution in [2.75, 3.05) is 7.11 Å². The molecule has 1 aromatic carbocycles. The molecule has 2 heterocycles. The first-order chi connectivity index (χ1) is 12.9. The van der Waals surface area contributed by atoms with Gasteiger partial charge in [0, 0.05) is 36.3 Å². The molecule has 1 N–H and O–H groups in total. The van der Waals surface area contributed by atoms with Crippen LogP contribution in [0.2, 0.25) is 0 Å². The lowest BCUT2D eigenvalue weighted by Gasteiger charge is -2.24. The fourth-order valence-corrected chi connectivity index (χ4v) is 2.98. The second-order valence-corrected chi connectivity index (χ2v) is 5.87. The molecule has 0 radical (unpaired) electrons. The van der Waals surface area contributed by atoms with E-state index in [1.807, 2.05) is 30.3 Å². The lowest BCUT2D eigenvalue weighted by atomic mass is 10.1. The first kappa shape index (κ1) is 18.4. The minimum Gasteiger partial charge on any atom is -0.466 e. The van der Waals surface area contributed by atoms with Gasteiger partial charge in [-0.15, -0.1) is 0 Å². The number of hydrogen-bond donors (Lipinski definition) is 1. The molecule has 0 saturated heterocycles. The Morgan fingerprint density at radius 1 is 1.00 bits per heavy atom. The molecule has 0 saturated carbocycles. The topological polar surface area (TPSA) is 108 Å². The molecule has 2 atom stereocenters. The van der Waals surface area contributed by atoms with Crippen LogP contribution in [-0.2, 0) is 28.6 Å². The minimum absolute atomic E-state index is 0.260. The number of nitrogens with one attached hydrogen (secondary N) is 1. The van der Waals surface area contributed by atoms with Gasteiger partial charge >= 0.3 is 17.9 Å². The van der Waals surface area contributed by atoms with Gasteiger partial charge in [-0.1, -0.05) is 18.2 Å². The maximum atomic E-state index is 12.2.